The number of fused-ring (bicyclic) bond motifs is 3. The first-order chi connectivity index (χ1) is 8.15. The second-order valence-electron chi connectivity index (χ2n) is 6.45. The third-order valence-electron chi connectivity index (χ3n) is 5.17. The topological polar surface area (TPSA) is 20.3 Å². The summed E-state index contributed by atoms with van der Waals surface area (Å²) in [4.78, 5) is 14.0. The fourth-order valence-corrected chi connectivity index (χ4v) is 4.28. The van der Waals surface area contributed by atoms with E-state index in [2.05, 4.69) is 24.9 Å². The molecule has 1 saturated carbocycles. The first-order valence-corrected chi connectivity index (χ1v) is 7.13. The number of hydrogen-bond acceptors (Lipinski definition) is 2. The van der Waals surface area contributed by atoms with Gasteiger partial charge in [0.1, 0.15) is 0 Å². The Morgan fingerprint density at radius 1 is 1.24 bits per heavy atom. The van der Waals surface area contributed by atoms with E-state index in [1.54, 1.807) is 6.08 Å². The zero-order valence-corrected chi connectivity index (χ0v) is 10.9. The lowest BCUT2D eigenvalue weighted by molar-refractivity contribution is -0.118. The van der Waals surface area contributed by atoms with Crippen LogP contribution in [0.4, 0.5) is 0 Å². The molecule has 2 aliphatic heterocycles. The first kappa shape index (κ1) is 11.3. The molecule has 2 heterocycles. The third kappa shape index (κ3) is 1.92. The van der Waals surface area contributed by atoms with Gasteiger partial charge in [0, 0.05) is 24.7 Å². The van der Waals surface area contributed by atoms with Gasteiger partial charge in [-0.1, -0.05) is 13.8 Å². The maximum Gasteiger partial charge on any atom is 0.159 e. The largest absolute Gasteiger partial charge is 0.371 e. The average Bonchev–Trinajstić information content (AvgIpc) is 2.29. The summed E-state index contributed by atoms with van der Waals surface area (Å²) in [6.45, 7) is 4.79. The molecular weight excluding hydrogens is 210 g/mol. The lowest BCUT2D eigenvalue weighted by Gasteiger charge is -2.53. The minimum Gasteiger partial charge on any atom is -0.371 e. The molecule has 0 aromatic heterocycles. The SMILES string of the molecule is CC1CCC2C(C1)C(C)CC1CC(=O)C=CN12. The van der Waals surface area contributed by atoms with Gasteiger partial charge in [0.05, 0.1) is 0 Å². The van der Waals surface area contributed by atoms with Crippen LogP contribution in [0.1, 0.15) is 46.0 Å². The second kappa shape index (κ2) is 4.15. The van der Waals surface area contributed by atoms with Gasteiger partial charge in [-0.25, -0.2) is 0 Å². The highest BCUT2D eigenvalue weighted by molar-refractivity contribution is 5.90. The summed E-state index contributed by atoms with van der Waals surface area (Å²) in [7, 11) is 0. The van der Waals surface area contributed by atoms with Crippen molar-refractivity contribution in [3.63, 3.8) is 0 Å². The van der Waals surface area contributed by atoms with Gasteiger partial charge in [0.25, 0.3) is 0 Å². The van der Waals surface area contributed by atoms with Crippen LogP contribution >= 0.6 is 0 Å². The minimum absolute atomic E-state index is 0.320. The Bertz CT molecular complexity index is 349. The number of carbonyl (C=O) groups is 1. The fraction of sp³-hybridized carbons (Fsp3) is 0.800. The van der Waals surface area contributed by atoms with Crippen LogP contribution in [-0.4, -0.2) is 22.8 Å². The predicted octanol–water partition coefficient (Wildman–Crippen LogP) is 2.99. The van der Waals surface area contributed by atoms with E-state index in [0.717, 1.165) is 24.2 Å². The molecule has 0 spiro atoms. The Morgan fingerprint density at radius 3 is 2.88 bits per heavy atom. The Kier molecular flexibility index (Phi) is 2.76. The van der Waals surface area contributed by atoms with Crippen LogP contribution < -0.4 is 0 Å². The standard InChI is InChI=1S/C15H23NO/c1-10-3-4-15-14(7-10)11(2)8-12-9-13(17)5-6-16(12)15/h5-6,10-12,14-15H,3-4,7-9H2,1-2H3. The summed E-state index contributed by atoms with van der Waals surface area (Å²) < 4.78 is 0. The molecule has 5 unspecified atom stereocenters. The van der Waals surface area contributed by atoms with Gasteiger partial charge in [-0.2, -0.15) is 0 Å². The van der Waals surface area contributed by atoms with Gasteiger partial charge < -0.3 is 4.90 Å². The van der Waals surface area contributed by atoms with Gasteiger partial charge >= 0.3 is 0 Å². The number of hydrogen-bond donors (Lipinski definition) is 0. The molecule has 0 N–H and O–H groups in total. The summed E-state index contributed by atoms with van der Waals surface area (Å²) in [6, 6.07) is 1.21. The molecule has 3 aliphatic rings. The molecule has 0 amide bonds. The van der Waals surface area contributed by atoms with Crippen molar-refractivity contribution >= 4 is 5.78 Å². The summed E-state index contributed by atoms with van der Waals surface area (Å²) in [5, 5.41) is 0. The molecule has 17 heavy (non-hydrogen) atoms. The monoisotopic (exact) mass is 233 g/mol. The molecule has 0 aromatic rings. The highest BCUT2D eigenvalue weighted by Gasteiger charge is 2.43. The minimum atomic E-state index is 0.320. The summed E-state index contributed by atoms with van der Waals surface area (Å²) in [6.07, 6.45) is 9.92. The van der Waals surface area contributed by atoms with Crippen molar-refractivity contribution in [3.8, 4) is 0 Å². The first-order valence-electron chi connectivity index (χ1n) is 7.13. The molecule has 2 fully saturated rings. The zero-order valence-electron chi connectivity index (χ0n) is 10.9. The van der Waals surface area contributed by atoms with Crippen molar-refractivity contribution in [2.75, 3.05) is 0 Å². The van der Waals surface area contributed by atoms with Crippen LogP contribution in [0.15, 0.2) is 12.3 Å². The van der Waals surface area contributed by atoms with E-state index in [9.17, 15) is 4.79 Å². The van der Waals surface area contributed by atoms with Gasteiger partial charge in [-0.15, -0.1) is 0 Å². The maximum atomic E-state index is 11.5. The molecule has 0 bridgehead atoms. The summed E-state index contributed by atoms with van der Waals surface area (Å²) in [5.41, 5.74) is 0. The van der Waals surface area contributed by atoms with Gasteiger partial charge in [0.2, 0.25) is 0 Å². The molecule has 0 aromatic carbocycles. The van der Waals surface area contributed by atoms with E-state index in [1.165, 1.54) is 25.7 Å². The van der Waals surface area contributed by atoms with E-state index in [1.807, 2.05) is 0 Å². The summed E-state index contributed by atoms with van der Waals surface area (Å²) >= 11 is 0. The van der Waals surface area contributed by atoms with Crippen LogP contribution in [0.25, 0.3) is 0 Å². The normalized spacial score (nSPS) is 45.4. The van der Waals surface area contributed by atoms with E-state index in [4.69, 9.17) is 0 Å². The molecular formula is C15H23NO. The van der Waals surface area contributed by atoms with Crippen molar-refractivity contribution in [3.05, 3.63) is 12.3 Å². The molecule has 1 saturated heterocycles. The van der Waals surface area contributed by atoms with E-state index in [0.29, 0.717) is 17.9 Å². The number of carbonyl (C=O) groups excluding carboxylic acids is 1. The number of rotatable bonds is 0. The van der Waals surface area contributed by atoms with Crippen LogP contribution in [0.3, 0.4) is 0 Å². The molecule has 2 heteroatoms. The number of ketones is 1. The lowest BCUT2D eigenvalue weighted by Crippen LogP contribution is -2.54. The van der Waals surface area contributed by atoms with Crippen LogP contribution in [0.2, 0.25) is 0 Å². The molecule has 0 radical (unpaired) electrons. The van der Waals surface area contributed by atoms with E-state index < -0.39 is 0 Å². The van der Waals surface area contributed by atoms with Crippen LogP contribution in [-0.2, 0) is 4.79 Å². The lowest BCUT2D eigenvalue weighted by atomic mass is 9.67. The van der Waals surface area contributed by atoms with Gasteiger partial charge in [-0.3, -0.25) is 4.79 Å². The Hall–Kier alpha value is -0.790. The predicted molar refractivity (Wildman–Crippen MR) is 68.5 cm³/mol. The smallest absolute Gasteiger partial charge is 0.159 e. The number of allylic oxidation sites excluding steroid dienone is 1. The third-order valence-corrected chi connectivity index (χ3v) is 5.17. The van der Waals surface area contributed by atoms with Crippen molar-refractivity contribution in [1.82, 2.24) is 4.90 Å². The van der Waals surface area contributed by atoms with Gasteiger partial charge in [0.15, 0.2) is 5.78 Å². The molecule has 1 aliphatic carbocycles. The van der Waals surface area contributed by atoms with E-state index in [-0.39, 0.29) is 0 Å². The molecule has 5 atom stereocenters. The second-order valence-corrected chi connectivity index (χ2v) is 6.45. The highest BCUT2D eigenvalue weighted by atomic mass is 16.1. The van der Waals surface area contributed by atoms with Crippen LogP contribution in [0.5, 0.6) is 0 Å². The van der Waals surface area contributed by atoms with Crippen molar-refractivity contribution in [2.45, 2.75) is 58.0 Å². The quantitative estimate of drug-likeness (QED) is 0.641. The van der Waals surface area contributed by atoms with Crippen LogP contribution in [0, 0.1) is 17.8 Å². The van der Waals surface area contributed by atoms with Crippen molar-refractivity contribution in [1.29, 1.82) is 0 Å². The molecule has 2 nitrogen and oxygen atoms in total. The van der Waals surface area contributed by atoms with Gasteiger partial charge in [-0.05, 0) is 49.5 Å². The number of piperidine rings is 1. The average molecular weight is 233 g/mol. The maximum absolute atomic E-state index is 11.5. The number of nitrogens with zero attached hydrogens (tertiary/aromatic N) is 1. The molecule has 94 valence electrons. The van der Waals surface area contributed by atoms with Crippen molar-refractivity contribution < 1.29 is 4.79 Å². The Morgan fingerprint density at radius 2 is 2.06 bits per heavy atom. The fourth-order valence-electron chi connectivity index (χ4n) is 4.28. The Balaban J connectivity index is 1.84. The summed E-state index contributed by atoms with van der Waals surface area (Å²) in [5.74, 6) is 2.86. The zero-order chi connectivity index (χ0) is 12.0. The van der Waals surface area contributed by atoms with E-state index >= 15 is 0 Å². The van der Waals surface area contributed by atoms with Crippen molar-refractivity contribution in [2.24, 2.45) is 17.8 Å². The highest BCUT2D eigenvalue weighted by Crippen LogP contribution is 2.44. The Labute approximate surface area is 104 Å². The molecule has 3 rings (SSSR count).